The summed E-state index contributed by atoms with van der Waals surface area (Å²) in [4.78, 5) is 9.42. The molecular weight excluding hydrogens is 476 g/mol. The molecule has 0 aliphatic heterocycles. The Morgan fingerprint density at radius 3 is 2.67 bits per heavy atom. The van der Waals surface area contributed by atoms with Crippen molar-refractivity contribution in [2.45, 2.75) is 58.4 Å². The predicted octanol–water partition coefficient (Wildman–Crippen LogP) is 6.34. The molecule has 0 fully saturated rings. The van der Waals surface area contributed by atoms with Crippen LogP contribution in [0, 0.1) is 18.8 Å². The molecular formula is C27H33BrN4O. The lowest BCUT2D eigenvalue weighted by Crippen LogP contribution is -2.10. The van der Waals surface area contributed by atoms with Gasteiger partial charge >= 0.3 is 0 Å². The van der Waals surface area contributed by atoms with E-state index in [1.807, 2.05) is 19.1 Å². The monoisotopic (exact) mass is 508 g/mol. The SMILES string of the molecule is COc1cc2c(NC(C)c3cccc(Br)c3)nc(C)nc2cc1CCCCCCC#CCN. The van der Waals surface area contributed by atoms with Crippen LogP contribution in [0.25, 0.3) is 10.9 Å². The molecule has 0 bridgehead atoms. The molecule has 0 aliphatic rings. The summed E-state index contributed by atoms with van der Waals surface area (Å²) in [5.41, 5.74) is 8.72. The first-order valence-electron chi connectivity index (χ1n) is 11.5. The van der Waals surface area contributed by atoms with Gasteiger partial charge in [-0.3, -0.25) is 0 Å². The number of unbranched alkanes of at least 4 members (excludes halogenated alkanes) is 4. The zero-order chi connectivity index (χ0) is 23.6. The van der Waals surface area contributed by atoms with E-state index in [2.05, 4.69) is 64.3 Å². The van der Waals surface area contributed by atoms with Gasteiger partial charge in [-0.1, -0.05) is 46.8 Å². The number of methoxy groups -OCH3 is 1. The first-order valence-corrected chi connectivity index (χ1v) is 12.3. The Balaban J connectivity index is 1.75. The molecule has 0 saturated heterocycles. The van der Waals surface area contributed by atoms with Gasteiger partial charge in [-0.2, -0.15) is 0 Å². The lowest BCUT2D eigenvalue weighted by molar-refractivity contribution is 0.409. The van der Waals surface area contributed by atoms with Crippen molar-refractivity contribution in [1.29, 1.82) is 0 Å². The summed E-state index contributed by atoms with van der Waals surface area (Å²) in [5, 5.41) is 4.55. The summed E-state index contributed by atoms with van der Waals surface area (Å²) < 4.78 is 6.81. The molecule has 0 aliphatic carbocycles. The van der Waals surface area contributed by atoms with Crippen molar-refractivity contribution in [3.63, 3.8) is 0 Å². The third-order valence-corrected chi connectivity index (χ3v) is 6.13. The molecule has 3 aromatic rings. The Bertz CT molecular complexity index is 1140. The summed E-state index contributed by atoms with van der Waals surface area (Å²) in [7, 11) is 1.73. The zero-order valence-electron chi connectivity index (χ0n) is 19.7. The fourth-order valence-electron chi connectivity index (χ4n) is 3.92. The standard InChI is InChI=1S/C27H33BrN4O/c1-19(21-13-11-14-23(28)16-21)30-27-24-18-26(33-3)22(17-25(24)31-20(2)32-27)12-9-7-5-4-6-8-10-15-29/h11,13-14,16-19H,4-7,9,12,15,29H2,1-3H3,(H,30,31,32). The zero-order valence-corrected chi connectivity index (χ0v) is 21.3. The van der Waals surface area contributed by atoms with Gasteiger partial charge in [-0.05, 0) is 68.5 Å². The Labute approximate surface area is 205 Å². The van der Waals surface area contributed by atoms with Gasteiger partial charge in [-0.25, -0.2) is 9.97 Å². The van der Waals surface area contributed by atoms with Crippen LogP contribution in [0.2, 0.25) is 0 Å². The fourth-order valence-corrected chi connectivity index (χ4v) is 4.33. The number of anilines is 1. The molecule has 0 spiro atoms. The highest BCUT2D eigenvalue weighted by Gasteiger charge is 2.14. The topological polar surface area (TPSA) is 73.1 Å². The maximum Gasteiger partial charge on any atom is 0.138 e. The Hall–Kier alpha value is -2.62. The molecule has 5 nitrogen and oxygen atoms in total. The van der Waals surface area contributed by atoms with Gasteiger partial charge in [0.05, 0.1) is 25.2 Å². The quantitative estimate of drug-likeness (QED) is 0.247. The Morgan fingerprint density at radius 2 is 1.91 bits per heavy atom. The number of nitrogens with two attached hydrogens (primary N) is 1. The Kier molecular flexibility index (Phi) is 9.53. The van der Waals surface area contributed by atoms with Crippen LogP contribution in [0.4, 0.5) is 5.82 Å². The number of hydrogen-bond acceptors (Lipinski definition) is 5. The number of ether oxygens (including phenoxy) is 1. The molecule has 3 rings (SSSR count). The molecule has 33 heavy (non-hydrogen) atoms. The summed E-state index contributed by atoms with van der Waals surface area (Å²) in [6.45, 7) is 4.52. The third kappa shape index (κ3) is 7.18. The smallest absolute Gasteiger partial charge is 0.138 e. The van der Waals surface area contributed by atoms with Crippen LogP contribution in [0.3, 0.4) is 0 Å². The van der Waals surface area contributed by atoms with Crippen molar-refractivity contribution in [1.82, 2.24) is 9.97 Å². The molecule has 3 N–H and O–H groups in total. The number of fused-ring (bicyclic) bond motifs is 1. The average molecular weight is 509 g/mol. The normalized spacial score (nSPS) is 11.7. The van der Waals surface area contributed by atoms with E-state index in [1.54, 1.807) is 7.11 Å². The minimum absolute atomic E-state index is 0.0974. The lowest BCUT2D eigenvalue weighted by Gasteiger charge is -2.18. The summed E-state index contributed by atoms with van der Waals surface area (Å²) in [6.07, 6.45) is 6.48. The van der Waals surface area contributed by atoms with Gasteiger partial charge < -0.3 is 15.8 Å². The van der Waals surface area contributed by atoms with Gasteiger partial charge in [0.2, 0.25) is 0 Å². The predicted molar refractivity (Wildman–Crippen MR) is 141 cm³/mol. The lowest BCUT2D eigenvalue weighted by atomic mass is 10.0. The molecule has 0 saturated carbocycles. The number of nitrogens with one attached hydrogen (secondary N) is 1. The van der Waals surface area contributed by atoms with Crippen LogP contribution in [0.15, 0.2) is 40.9 Å². The molecule has 2 aromatic carbocycles. The largest absolute Gasteiger partial charge is 0.496 e. The van der Waals surface area contributed by atoms with Gasteiger partial charge in [0.1, 0.15) is 17.4 Å². The van der Waals surface area contributed by atoms with E-state index < -0.39 is 0 Å². The summed E-state index contributed by atoms with van der Waals surface area (Å²) >= 11 is 3.56. The first kappa shape index (κ1) is 25.0. The van der Waals surface area contributed by atoms with Crippen molar-refractivity contribution in [2.75, 3.05) is 19.0 Å². The summed E-state index contributed by atoms with van der Waals surface area (Å²) in [6, 6.07) is 12.6. The number of aromatic nitrogens is 2. The molecule has 174 valence electrons. The fraction of sp³-hybridized carbons (Fsp3) is 0.407. The van der Waals surface area contributed by atoms with E-state index in [0.29, 0.717) is 6.54 Å². The third-order valence-electron chi connectivity index (χ3n) is 5.64. The molecule has 0 amide bonds. The van der Waals surface area contributed by atoms with E-state index in [9.17, 15) is 0 Å². The number of nitrogens with zero attached hydrogens (tertiary/aromatic N) is 2. The van der Waals surface area contributed by atoms with Crippen LogP contribution < -0.4 is 15.8 Å². The van der Waals surface area contributed by atoms with Crippen molar-refractivity contribution in [2.24, 2.45) is 5.73 Å². The van der Waals surface area contributed by atoms with Crippen molar-refractivity contribution in [3.05, 3.63) is 57.8 Å². The van der Waals surface area contributed by atoms with Gasteiger partial charge in [-0.15, -0.1) is 5.92 Å². The van der Waals surface area contributed by atoms with E-state index in [1.165, 1.54) is 24.0 Å². The van der Waals surface area contributed by atoms with E-state index >= 15 is 0 Å². The second-order valence-corrected chi connectivity index (χ2v) is 9.11. The van der Waals surface area contributed by atoms with Crippen LogP contribution in [0.5, 0.6) is 5.75 Å². The minimum Gasteiger partial charge on any atom is -0.496 e. The number of hydrogen-bond donors (Lipinski definition) is 2. The van der Waals surface area contributed by atoms with Crippen LogP contribution in [-0.4, -0.2) is 23.6 Å². The molecule has 1 atom stereocenters. The van der Waals surface area contributed by atoms with E-state index in [4.69, 9.17) is 20.4 Å². The number of halogens is 1. The Morgan fingerprint density at radius 1 is 1.09 bits per heavy atom. The van der Waals surface area contributed by atoms with Crippen molar-refractivity contribution < 1.29 is 4.74 Å². The number of aryl methyl sites for hydroxylation is 2. The summed E-state index contributed by atoms with van der Waals surface area (Å²) in [5.74, 6) is 8.49. The van der Waals surface area contributed by atoms with Crippen LogP contribution in [-0.2, 0) is 6.42 Å². The number of benzene rings is 2. The van der Waals surface area contributed by atoms with Crippen molar-refractivity contribution >= 4 is 32.7 Å². The van der Waals surface area contributed by atoms with E-state index in [0.717, 1.165) is 58.5 Å². The molecule has 6 heteroatoms. The maximum absolute atomic E-state index is 5.75. The van der Waals surface area contributed by atoms with Crippen LogP contribution >= 0.6 is 15.9 Å². The van der Waals surface area contributed by atoms with Gasteiger partial charge in [0.25, 0.3) is 0 Å². The molecule has 1 aromatic heterocycles. The highest BCUT2D eigenvalue weighted by atomic mass is 79.9. The molecule has 0 radical (unpaired) electrons. The molecule has 1 heterocycles. The van der Waals surface area contributed by atoms with E-state index in [-0.39, 0.29) is 6.04 Å². The second kappa shape index (κ2) is 12.6. The van der Waals surface area contributed by atoms with Gasteiger partial charge in [0, 0.05) is 16.3 Å². The van der Waals surface area contributed by atoms with Crippen molar-refractivity contribution in [3.8, 4) is 17.6 Å². The van der Waals surface area contributed by atoms with Crippen LogP contribution in [0.1, 0.15) is 62.0 Å². The number of rotatable bonds is 10. The maximum atomic E-state index is 5.75. The second-order valence-electron chi connectivity index (χ2n) is 8.19. The molecule has 1 unspecified atom stereocenters. The van der Waals surface area contributed by atoms with Gasteiger partial charge in [0.15, 0.2) is 0 Å². The highest BCUT2D eigenvalue weighted by Crippen LogP contribution is 2.32. The average Bonchev–Trinajstić information content (AvgIpc) is 2.80. The first-order chi connectivity index (χ1) is 16.0. The highest BCUT2D eigenvalue weighted by molar-refractivity contribution is 9.10. The minimum atomic E-state index is 0.0974.